The molecule has 0 aliphatic carbocycles. The van der Waals surface area contributed by atoms with Crippen LogP contribution in [0.25, 0.3) is 10.8 Å². The van der Waals surface area contributed by atoms with E-state index in [-0.39, 0.29) is 27.1 Å². The zero-order valence-corrected chi connectivity index (χ0v) is 11.3. The van der Waals surface area contributed by atoms with Crippen LogP contribution in [0.5, 0.6) is 0 Å². The second-order valence-electron chi connectivity index (χ2n) is 4.00. The number of nitrogens with two attached hydrogens (primary N) is 1. The molecule has 19 heavy (non-hydrogen) atoms. The van der Waals surface area contributed by atoms with Crippen molar-refractivity contribution >= 4 is 42.3 Å². The second kappa shape index (κ2) is 4.42. The van der Waals surface area contributed by atoms with Crippen molar-refractivity contribution in [3.05, 3.63) is 30.3 Å². The predicted molar refractivity (Wildman–Crippen MR) is 71.7 cm³/mol. The number of hydrogen-bond acceptors (Lipinski definition) is 3. The smallest absolute Gasteiger partial charge is 0.356 e. The first-order chi connectivity index (χ1) is 8.60. The van der Waals surface area contributed by atoms with Gasteiger partial charge >= 0.3 is 15.2 Å². The maximum atomic E-state index is 11.4. The summed E-state index contributed by atoms with van der Waals surface area (Å²) in [5.74, 6) is 0. The third-order valence-corrected chi connectivity index (χ3v) is 4.62. The molecule has 0 atom stereocenters. The molecule has 0 bridgehead atoms. The Hall–Kier alpha value is -1.20. The van der Waals surface area contributed by atoms with E-state index in [0.29, 0.717) is 0 Å². The summed E-state index contributed by atoms with van der Waals surface area (Å²) in [5, 5.41) is -0.553. The molecule has 0 aliphatic rings. The van der Waals surface area contributed by atoms with E-state index in [2.05, 4.69) is 0 Å². The highest BCUT2D eigenvalue weighted by Gasteiger charge is 2.25. The van der Waals surface area contributed by atoms with E-state index in [1.165, 1.54) is 24.3 Å². The van der Waals surface area contributed by atoms with Crippen molar-refractivity contribution < 1.29 is 28.7 Å². The van der Waals surface area contributed by atoms with Crippen molar-refractivity contribution in [3.8, 4) is 0 Å². The topological polar surface area (TPSA) is 141 Å². The lowest BCUT2D eigenvalue weighted by molar-refractivity contribution is 0.385. The zero-order chi connectivity index (χ0) is 14.4. The molecule has 0 saturated carbocycles. The van der Waals surface area contributed by atoms with Gasteiger partial charge in [-0.2, -0.15) is 0 Å². The van der Waals surface area contributed by atoms with E-state index in [4.69, 9.17) is 5.73 Å². The SMILES string of the molecule is Nc1cc(P(=O)(O)O)c2cccc(P(=O)(O)O)c2c1. The molecule has 0 heterocycles. The summed E-state index contributed by atoms with van der Waals surface area (Å²) in [6.45, 7) is 0. The van der Waals surface area contributed by atoms with Crippen LogP contribution in [0.1, 0.15) is 0 Å². The van der Waals surface area contributed by atoms with Gasteiger partial charge in [0.1, 0.15) is 0 Å². The van der Waals surface area contributed by atoms with Crippen LogP contribution in [0, 0.1) is 0 Å². The van der Waals surface area contributed by atoms with Crippen LogP contribution < -0.4 is 16.3 Å². The van der Waals surface area contributed by atoms with Gasteiger partial charge in [-0.05, 0) is 23.6 Å². The number of benzene rings is 2. The fraction of sp³-hybridized carbons (Fsp3) is 0. The largest absolute Gasteiger partial charge is 0.399 e. The van der Waals surface area contributed by atoms with E-state index in [9.17, 15) is 28.7 Å². The molecule has 2 aromatic rings. The Morgan fingerprint density at radius 2 is 1.42 bits per heavy atom. The molecule has 7 nitrogen and oxygen atoms in total. The monoisotopic (exact) mass is 303 g/mol. The van der Waals surface area contributed by atoms with Crippen molar-refractivity contribution in [1.29, 1.82) is 0 Å². The first kappa shape index (κ1) is 14.2. The van der Waals surface area contributed by atoms with Crippen LogP contribution in [-0.2, 0) is 9.13 Å². The molecule has 9 heteroatoms. The van der Waals surface area contributed by atoms with Crippen LogP contribution in [0.3, 0.4) is 0 Å². The average Bonchev–Trinajstić information content (AvgIpc) is 2.24. The van der Waals surface area contributed by atoms with Gasteiger partial charge in [-0.25, -0.2) is 0 Å². The van der Waals surface area contributed by atoms with E-state index in [1.807, 2.05) is 0 Å². The van der Waals surface area contributed by atoms with Gasteiger partial charge in [0.2, 0.25) is 0 Å². The van der Waals surface area contributed by atoms with Gasteiger partial charge < -0.3 is 25.3 Å². The van der Waals surface area contributed by atoms with Crippen LogP contribution in [0.15, 0.2) is 30.3 Å². The Morgan fingerprint density at radius 1 is 0.842 bits per heavy atom. The Labute approximate surface area is 108 Å². The van der Waals surface area contributed by atoms with E-state index >= 15 is 0 Å². The van der Waals surface area contributed by atoms with Gasteiger partial charge in [0.05, 0.1) is 10.6 Å². The number of rotatable bonds is 2. The van der Waals surface area contributed by atoms with Gasteiger partial charge in [0.25, 0.3) is 0 Å². The maximum absolute atomic E-state index is 11.4. The average molecular weight is 303 g/mol. The third kappa shape index (κ3) is 2.72. The normalized spacial score (nSPS) is 12.8. The fourth-order valence-electron chi connectivity index (χ4n) is 1.87. The minimum Gasteiger partial charge on any atom is -0.399 e. The first-order valence-electron chi connectivity index (χ1n) is 5.05. The van der Waals surface area contributed by atoms with Crippen LogP contribution in [-0.4, -0.2) is 19.6 Å². The summed E-state index contributed by atoms with van der Waals surface area (Å²) in [7, 11) is -9.16. The molecule has 0 saturated heterocycles. The number of hydrogen-bond donors (Lipinski definition) is 5. The second-order valence-corrected chi connectivity index (χ2v) is 7.14. The minimum absolute atomic E-state index is 0.0201. The standard InChI is InChI=1S/C10H11NO6P2/c11-6-4-8-7(10(5-6)19(15,16)17)2-1-3-9(8)18(12,13)14/h1-5H,11H2,(H2,12,13,14)(H2,15,16,17). The van der Waals surface area contributed by atoms with Gasteiger partial charge in [-0.3, -0.25) is 9.13 Å². The Balaban J connectivity index is 2.98. The van der Waals surface area contributed by atoms with Crippen LogP contribution in [0.2, 0.25) is 0 Å². The fourth-order valence-corrected chi connectivity index (χ4v) is 3.47. The number of anilines is 1. The molecule has 0 aliphatic heterocycles. The third-order valence-electron chi connectivity index (χ3n) is 2.60. The summed E-state index contributed by atoms with van der Waals surface area (Å²) >= 11 is 0. The summed E-state index contributed by atoms with van der Waals surface area (Å²) in [4.78, 5) is 37.0. The lowest BCUT2D eigenvalue weighted by Crippen LogP contribution is -2.13. The molecule has 0 fully saturated rings. The zero-order valence-electron chi connectivity index (χ0n) is 9.46. The quantitative estimate of drug-likeness (QED) is 0.389. The predicted octanol–water partition coefficient (Wildman–Crippen LogP) is 0.0280. The van der Waals surface area contributed by atoms with Gasteiger partial charge in [0.15, 0.2) is 0 Å². The van der Waals surface area contributed by atoms with Crippen molar-refractivity contribution in [2.75, 3.05) is 5.73 Å². The van der Waals surface area contributed by atoms with E-state index in [0.717, 1.165) is 6.07 Å². The molecule has 0 aromatic heterocycles. The maximum Gasteiger partial charge on any atom is 0.356 e. The Kier molecular flexibility index (Phi) is 3.31. The summed E-state index contributed by atoms with van der Waals surface area (Å²) in [5.41, 5.74) is 5.56. The van der Waals surface area contributed by atoms with E-state index in [1.54, 1.807) is 0 Å². The van der Waals surface area contributed by atoms with Crippen LogP contribution in [0.4, 0.5) is 5.69 Å². The van der Waals surface area contributed by atoms with Crippen molar-refractivity contribution in [2.24, 2.45) is 0 Å². The number of fused-ring (bicyclic) bond motifs is 1. The highest BCUT2D eigenvalue weighted by atomic mass is 31.2. The number of nitrogen functional groups attached to an aromatic ring is 1. The Morgan fingerprint density at radius 3 is 1.95 bits per heavy atom. The van der Waals surface area contributed by atoms with Crippen LogP contribution >= 0.6 is 15.2 Å². The van der Waals surface area contributed by atoms with Gasteiger partial charge in [0, 0.05) is 11.1 Å². The van der Waals surface area contributed by atoms with Gasteiger partial charge in [-0.1, -0.05) is 12.1 Å². The van der Waals surface area contributed by atoms with E-state index < -0.39 is 15.2 Å². The van der Waals surface area contributed by atoms with Gasteiger partial charge in [-0.15, -0.1) is 0 Å². The molecule has 0 unspecified atom stereocenters. The summed E-state index contributed by atoms with van der Waals surface area (Å²) < 4.78 is 22.8. The van der Waals surface area contributed by atoms with Crippen molar-refractivity contribution in [2.45, 2.75) is 0 Å². The molecule has 2 aromatic carbocycles. The summed E-state index contributed by atoms with van der Waals surface area (Å²) in [6.07, 6.45) is 0. The molecule has 6 N–H and O–H groups in total. The Bertz CT molecular complexity index is 747. The molecule has 0 spiro atoms. The highest BCUT2D eigenvalue weighted by molar-refractivity contribution is 7.61. The molecular weight excluding hydrogens is 292 g/mol. The summed E-state index contributed by atoms with van der Waals surface area (Å²) in [6, 6.07) is 6.29. The lowest BCUT2D eigenvalue weighted by Gasteiger charge is -2.13. The highest BCUT2D eigenvalue weighted by Crippen LogP contribution is 2.40. The minimum atomic E-state index is -4.60. The molecule has 0 radical (unpaired) electrons. The lowest BCUT2D eigenvalue weighted by atomic mass is 10.1. The molecular formula is C10H11NO6P2. The molecule has 102 valence electrons. The first-order valence-corrected chi connectivity index (χ1v) is 8.27. The van der Waals surface area contributed by atoms with Crippen molar-refractivity contribution in [1.82, 2.24) is 0 Å². The molecule has 0 amide bonds. The molecule has 2 rings (SSSR count). The van der Waals surface area contributed by atoms with Crippen molar-refractivity contribution in [3.63, 3.8) is 0 Å².